The van der Waals surface area contributed by atoms with Gasteiger partial charge in [-0.25, -0.2) is 0 Å². The number of para-hydroxylation sites is 1. The summed E-state index contributed by atoms with van der Waals surface area (Å²) in [6, 6.07) is 22.5. The quantitative estimate of drug-likeness (QED) is 0.0741. The van der Waals surface area contributed by atoms with Gasteiger partial charge in [-0.2, -0.15) is 17.7 Å². The summed E-state index contributed by atoms with van der Waals surface area (Å²) in [5.74, 6) is 0.547. The molecule has 0 unspecified atom stereocenters. The van der Waals surface area contributed by atoms with E-state index in [1.54, 1.807) is 0 Å². The van der Waals surface area contributed by atoms with Gasteiger partial charge in [0.2, 0.25) is 0 Å². The van der Waals surface area contributed by atoms with Crippen LogP contribution in [0.4, 0.5) is 0 Å². The SMILES string of the molecule is CCC(CC)C(=O)/C=C(\O)C(CC)CC.C[n+]1[c-]c(-c2[c-]c3ccccc3c(C(C)(C)C)c2)c2oc3ccccc3c2c1.[Ir]. The van der Waals surface area contributed by atoms with Crippen molar-refractivity contribution in [3.05, 3.63) is 90.5 Å². The van der Waals surface area contributed by atoms with E-state index < -0.39 is 0 Å². The number of carbonyl (C=O) groups excluding carboxylic acids is 1. The van der Waals surface area contributed by atoms with Crippen molar-refractivity contribution in [1.29, 1.82) is 0 Å². The molecule has 1 radical (unpaired) electrons. The molecular formula is C39H46IrNO3-. The average Bonchev–Trinajstić information content (AvgIpc) is 3.35. The third-order valence-corrected chi connectivity index (χ3v) is 8.41. The Morgan fingerprint density at radius 1 is 0.909 bits per heavy atom. The van der Waals surface area contributed by atoms with Gasteiger partial charge in [-0.15, -0.1) is 17.0 Å². The number of hydrogen-bond donors (Lipinski definition) is 1. The molecule has 44 heavy (non-hydrogen) atoms. The van der Waals surface area contributed by atoms with Gasteiger partial charge in [-0.05, 0) is 37.2 Å². The van der Waals surface area contributed by atoms with Crippen molar-refractivity contribution in [2.75, 3.05) is 0 Å². The summed E-state index contributed by atoms with van der Waals surface area (Å²) < 4.78 is 8.25. The minimum Gasteiger partial charge on any atom is -0.512 e. The summed E-state index contributed by atoms with van der Waals surface area (Å²) in [7, 11) is 2.01. The Morgan fingerprint density at radius 2 is 1.50 bits per heavy atom. The van der Waals surface area contributed by atoms with Crippen LogP contribution in [0.2, 0.25) is 0 Å². The number of hydrogen-bond acceptors (Lipinski definition) is 3. The summed E-state index contributed by atoms with van der Waals surface area (Å²) >= 11 is 0. The molecule has 5 aromatic rings. The zero-order valence-electron chi connectivity index (χ0n) is 27.4. The van der Waals surface area contributed by atoms with E-state index in [0.29, 0.717) is 0 Å². The molecule has 2 heterocycles. The van der Waals surface area contributed by atoms with Gasteiger partial charge < -0.3 is 9.52 Å². The molecule has 0 aliphatic heterocycles. The smallest absolute Gasteiger partial charge is 0.162 e. The van der Waals surface area contributed by atoms with Crippen LogP contribution in [-0.2, 0) is 37.4 Å². The number of nitrogens with zero attached hydrogens (tertiary/aromatic N) is 1. The number of furan rings is 1. The van der Waals surface area contributed by atoms with Crippen LogP contribution < -0.4 is 4.57 Å². The molecule has 2 aromatic heterocycles. The van der Waals surface area contributed by atoms with E-state index in [-0.39, 0.29) is 48.9 Å². The molecule has 5 rings (SSSR count). The maximum atomic E-state index is 11.7. The normalized spacial score (nSPS) is 12.1. The Hall–Kier alpha value is -3.27. The van der Waals surface area contributed by atoms with Gasteiger partial charge >= 0.3 is 0 Å². The van der Waals surface area contributed by atoms with Crippen molar-refractivity contribution in [2.24, 2.45) is 18.9 Å². The zero-order valence-corrected chi connectivity index (χ0v) is 29.8. The van der Waals surface area contributed by atoms with Crippen molar-refractivity contribution >= 4 is 38.5 Å². The van der Waals surface area contributed by atoms with Crippen LogP contribution in [0.1, 0.15) is 79.7 Å². The number of aromatic nitrogens is 1. The Kier molecular flexibility index (Phi) is 12.1. The first kappa shape index (κ1) is 35.2. The van der Waals surface area contributed by atoms with Crippen LogP contribution in [0.3, 0.4) is 0 Å². The number of pyridine rings is 1. The van der Waals surface area contributed by atoms with Crippen LogP contribution in [0.5, 0.6) is 0 Å². The second-order valence-corrected chi connectivity index (χ2v) is 12.5. The molecule has 1 N–H and O–H groups in total. The van der Waals surface area contributed by atoms with Crippen molar-refractivity contribution in [1.82, 2.24) is 0 Å². The van der Waals surface area contributed by atoms with Crippen LogP contribution in [0, 0.1) is 24.1 Å². The summed E-state index contributed by atoms with van der Waals surface area (Å²) in [5, 5.41) is 14.4. The van der Waals surface area contributed by atoms with Crippen LogP contribution >= 0.6 is 0 Å². The number of aryl methyl sites for hydroxylation is 1. The van der Waals surface area contributed by atoms with E-state index in [1.165, 1.54) is 17.0 Å². The minimum absolute atomic E-state index is 0. The summed E-state index contributed by atoms with van der Waals surface area (Å²) in [6.07, 6.45) is 10.4. The van der Waals surface area contributed by atoms with Gasteiger partial charge in [0, 0.05) is 54.4 Å². The summed E-state index contributed by atoms with van der Waals surface area (Å²) in [5.41, 5.74) is 5.06. The van der Waals surface area contributed by atoms with E-state index >= 15 is 0 Å². The van der Waals surface area contributed by atoms with Gasteiger partial charge in [0.25, 0.3) is 0 Å². The maximum absolute atomic E-state index is 11.7. The van der Waals surface area contributed by atoms with Gasteiger partial charge in [0.05, 0.1) is 5.76 Å². The number of benzene rings is 3. The first-order chi connectivity index (χ1) is 20.5. The van der Waals surface area contributed by atoms with Crippen molar-refractivity contribution in [3.8, 4) is 11.1 Å². The van der Waals surface area contributed by atoms with Crippen LogP contribution in [-0.4, -0.2) is 10.9 Å². The molecular weight excluding hydrogens is 723 g/mol. The zero-order chi connectivity index (χ0) is 31.3. The van der Waals surface area contributed by atoms with E-state index in [4.69, 9.17) is 4.42 Å². The fourth-order valence-corrected chi connectivity index (χ4v) is 5.78. The number of rotatable bonds is 8. The number of aliphatic hydroxyl groups excluding tert-OH is 1. The Balaban J connectivity index is 0.000000286. The van der Waals surface area contributed by atoms with Crippen molar-refractivity contribution in [3.63, 3.8) is 0 Å². The third-order valence-electron chi connectivity index (χ3n) is 8.41. The monoisotopic (exact) mass is 769 g/mol. The molecule has 0 amide bonds. The minimum atomic E-state index is 0. The fraction of sp³-hybridized carbons (Fsp3) is 0.385. The number of aliphatic hydroxyl groups is 1. The van der Waals surface area contributed by atoms with Gasteiger partial charge in [-0.1, -0.05) is 95.8 Å². The molecule has 0 saturated heterocycles. The number of fused-ring (bicyclic) bond motifs is 4. The predicted octanol–water partition coefficient (Wildman–Crippen LogP) is 10.00. The molecule has 3 aromatic carbocycles. The Bertz CT molecular complexity index is 1750. The molecule has 235 valence electrons. The molecule has 0 spiro atoms. The third kappa shape index (κ3) is 7.68. The van der Waals surface area contributed by atoms with E-state index in [0.717, 1.165) is 64.1 Å². The van der Waals surface area contributed by atoms with E-state index in [2.05, 4.69) is 75.6 Å². The fourth-order valence-electron chi connectivity index (χ4n) is 5.78. The largest absolute Gasteiger partial charge is 0.512 e. The Morgan fingerprint density at radius 3 is 2.11 bits per heavy atom. The molecule has 0 atom stereocenters. The first-order valence-corrected chi connectivity index (χ1v) is 15.7. The second-order valence-electron chi connectivity index (χ2n) is 12.5. The number of allylic oxidation sites excluding steroid dienone is 2. The summed E-state index contributed by atoms with van der Waals surface area (Å²) in [6.45, 7) is 14.8. The van der Waals surface area contributed by atoms with E-state index in [1.807, 2.05) is 57.5 Å². The predicted molar refractivity (Wildman–Crippen MR) is 178 cm³/mol. The average molecular weight is 769 g/mol. The molecule has 0 aliphatic carbocycles. The molecule has 4 nitrogen and oxygen atoms in total. The second kappa shape index (κ2) is 15.1. The molecule has 5 heteroatoms. The first-order valence-electron chi connectivity index (χ1n) is 15.7. The Labute approximate surface area is 276 Å². The summed E-state index contributed by atoms with van der Waals surface area (Å²) in [4.78, 5) is 11.7. The van der Waals surface area contributed by atoms with Gasteiger partial charge in [-0.3, -0.25) is 9.36 Å². The molecule has 0 saturated carbocycles. The maximum Gasteiger partial charge on any atom is 0.162 e. The van der Waals surface area contributed by atoms with Gasteiger partial charge in [0.15, 0.2) is 5.78 Å². The van der Waals surface area contributed by atoms with Crippen LogP contribution in [0.25, 0.3) is 43.8 Å². The topological polar surface area (TPSA) is 54.3 Å². The number of ketones is 1. The van der Waals surface area contributed by atoms with Crippen molar-refractivity contribution < 1.29 is 39.0 Å². The van der Waals surface area contributed by atoms with Crippen molar-refractivity contribution in [2.45, 2.75) is 79.6 Å². The molecule has 0 bridgehead atoms. The van der Waals surface area contributed by atoms with E-state index in [9.17, 15) is 9.90 Å². The standard InChI is InChI=1S/C26H22NO.C13H24O2.Ir/c1-26(2,3)23-14-18(13-17-9-5-6-10-19(17)23)21-15-27(4)16-22-20-11-7-8-12-24(20)28-25(21)22;1-5-10(6-2)12(14)9-13(15)11(7-3)8-4;/h5-12,14,16H,1-4H3;9-11,14H,5-8H2,1-4H3;/q-1;;/b;12-9-;. The van der Waals surface area contributed by atoms with Gasteiger partial charge in [0.1, 0.15) is 25.0 Å². The number of carbonyl (C=O) groups is 1. The van der Waals surface area contributed by atoms with Crippen LogP contribution in [0.15, 0.2) is 77.0 Å². The molecule has 0 fully saturated rings. The molecule has 0 aliphatic rings.